The zero-order valence-corrected chi connectivity index (χ0v) is 50.1. The summed E-state index contributed by atoms with van der Waals surface area (Å²) in [4.78, 5) is 0. The summed E-state index contributed by atoms with van der Waals surface area (Å²) in [6, 6.07) is 121. The number of rotatable bonds is 9. The van der Waals surface area contributed by atoms with E-state index in [2.05, 4.69) is 357 Å². The van der Waals surface area contributed by atoms with E-state index in [9.17, 15) is 0 Å². The maximum absolute atomic E-state index is 4.11. The van der Waals surface area contributed by atoms with Crippen LogP contribution in [0.4, 0.5) is 5.69 Å². The topological polar surface area (TPSA) is 31.8 Å². The number of anilines is 1. The second kappa shape index (κ2) is 20.7. The fourth-order valence-electron chi connectivity index (χ4n) is 15.2. The first-order chi connectivity index (χ1) is 45.6. The molecule has 14 aromatic carbocycles. The van der Waals surface area contributed by atoms with Crippen LogP contribution in [0, 0.1) is 0 Å². The van der Waals surface area contributed by atoms with Gasteiger partial charge < -0.3 is 23.6 Å². The first-order valence-electron chi connectivity index (χ1n) is 31.8. The van der Waals surface area contributed by atoms with E-state index in [0.29, 0.717) is 0 Å². The SMILES string of the molecule is C1=C(c2ccc(-c3ccccc3)cc2)c2cc(-c3cc(-n4c5ccccc5c5ccccc54)cc(-n4c5ccccc5c5ccccc54)c3)ccc2NC1c1cccc(-c2cc(-n3c4ccccc4c4ccccc43)cc(-n3c4ccccc4c4ccccc43)c2)c1. The number of hydrogen-bond donors (Lipinski definition) is 1. The van der Waals surface area contributed by atoms with Crippen molar-refractivity contribution in [2.45, 2.75) is 6.04 Å². The Balaban J connectivity index is 0.787. The standard InChI is InChI=1S/C87H57N5/c1-2-21-56(22-3-1)57-41-43-58(44-42-57)76-55-79(61-24-20-23-59(47-61)62-48-64(89-80-33-12-4-25-68(80)69-26-5-13-34-81(69)89)53-65(49-62)90-82-35-14-6-27-70(82)71-28-7-15-36-83(71)90)88-78-46-45-60(52-77(76)78)63-50-66(91-84-37-16-8-29-72(84)73-30-9-17-38-85(73)91)54-67(51-63)92-86-39-18-10-31-74(86)75-32-11-19-40-87(75)92/h1-55,79,88H. The molecule has 430 valence electrons. The van der Waals surface area contributed by atoms with Gasteiger partial charge in [-0.15, -0.1) is 0 Å². The van der Waals surface area contributed by atoms with E-state index >= 15 is 0 Å². The number of hydrogen-bond acceptors (Lipinski definition) is 1. The largest absolute Gasteiger partial charge is 0.374 e. The smallest absolute Gasteiger partial charge is 0.0707 e. The van der Waals surface area contributed by atoms with Crippen LogP contribution < -0.4 is 5.32 Å². The van der Waals surface area contributed by atoms with Crippen molar-refractivity contribution < 1.29 is 0 Å². The second-order valence-electron chi connectivity index (χ2n) is 24.5. The molecule has 0 saturated heterocycles. The van der Waals surface area contributed by atoms with Crippen molar-refractivity contribution in [3.05, 3.63) is 350 Å². The third-order valence-electron chi connectivity index (χ3n) is 19.3. The first kappa shape index (κ1) is 51.8. The van der Waals surface area contributed by atoms with Crippen molar-refractivity contribution in [1.82, 2.24) is 18.3 Å². The van der Waals surface area contributed by atoms with E-state index in [-0.39, 0.29) is 6.04 Å². The average molecular weight is 1170 g/mol. The van der Waals surface area contributed by atoms with Crippen molar-refractivity contribution in [1.29, 1.82) is 0 Å². The molecule has 18 aromatic rings. The maximum atomic E-state index is 4.11. The summed E-state index contributed by atoms with van der Waals surface area (Å²) in [7, 11) is 0. The quantitative estimate of drug-likeness (QED) is 0.153. The minimum atomic E-state index is -0.157. The molecule has 5 nitrogen and oxygen atoms in total. The van der Waals surface area contributed by atoms with Gasteiger partial charge in [0, 0.05) is 77.1 Å². The van der Waals surface area contributed by atoms with Gasteiger partial charge in [-0.2, -0.15) is 0 Å². The lowest BCUT2D eigenvalue weighted by atomic mass is 9.86. The average Bonchev–Trinajstić information content (AvgIpc) is 1.56. The summed E-state index contributed by atoms with van der Waals surface area (Å²) >= 11 is 0. The zero-order chi connectivity index (χ0) is 60.4. The van der Waals surface area contributed by atoms with Crippen LogP contribution in [-0.2, 0) is 0 Å². The van der Waals surface area contributed by atoms with Crippen LogP contribution in [0.3, 0.4) is 0 Å². The van der Waals surface area contributed by atoms with Crippen LogP contribution in [0.2, 0.25) is 0 Å². The summed E-state index contributed by atoms with van der Waals surface area (Å²) in [5, 5.41) is 14.0. The van der Waals surface area contributed by atoms with Gasteiger partial charge >= 0.3 is 0 Å². The highest BCUT2D eigenvalue weighted by molar-refractivity contribution is 6.13. The van der Waals surface area contributed by atoms with Gasteiger partial charge in [-0.05, 0) is 159 Å². The van der Waals surface area contributed by atoms with Crippen molar-refractivity contribution in [3.8, 4) is 56.1 Å². The van der Waals surface area contributed by atoms with Crippen LogP contribution in [-0.4, -0.2) is 18.3 Å². The Kier molecular flexibility index (Phi) is 11.7. The molecule has 5 heteroatoms. The van der Waals surface area contributed by atoms with Crippen LogP contribution in [0.15, 0.2) is 334 Å². The van der Waals surface area contributed by atoms with E-state index in [1.165, 1.54) is 109 Å². The fourth-order valence-corrected chi connectivity index (χ4v) is 15.2. The highest BCUT2D eigenvalue weighted by Crippen LogP contribution is 2.45. The molecule has 1 aliphatic heterocycles. The molecular weight excluding hydrogens is 1110 g/mol. The molecule has 4 aromatic heterocycles. The number of nitrogens with one attached hydrogen (secondary N) is 1. The normalized spacial score (nSPS) is 13.3. The Morgan fingerprint density at radius 1 is 0.217 bits per heavy atom. The number of aromatic nitrogens is 4. The minimum absolute atomic E-state index is 0.157. The first-order valence-corrected chi connectivity index (χ1v) is 31.8. The second-order valence-corrected chi connectivity index (χ2v) is 24.5. The maximum Gasteiger partial charge on any atom is 0.0707 e. The third-order valence-corrected chi connectivity index (χ3v) is 19.3. The van der Waals surface area contributed by atoms with Gasteiger partial charge in [0.05, 0.1) is 50.2 Å². The zero-order valence-electron chi connectivity index (χ0n) is 50.1. The molecule has 0 radical (unpaired) electrons. The van der Waals surface area contributed by atoms with Crippen molar-refractivity contribution in [3.63, 3.8) is 0 Å². The van der Waals surface area contributed by atoms with E-state index < -0.39 is 0 Å². The van der Waals surface area contributed by atoms with Gasteiger partial charge in [0.1, 0.15) is 0 Å². The summed E-state index contributed by atoms with van der Waals surface area (Å²) in [6.07, 6.45) is 2.46. The molecule has 19 rings (SSSR count). The molecule has 92 heavy (non-hydrogen) atoms. The van der Waals surface area contributed by atoms with Gasteiger partial charge in [-0.25, -0.2) is 0 Å². The van der Waals surface area contributed by atoms with Crippen LogP contribution in [0.5, 0.6) is 0 Å². The van der Waals surface area contributed by atoms with Gasteiger partial charge in [0.15, 0.2) is 0 Å². The Hall–Kier alpha value is -12.2. The highest BCUT2D eigenvalue weighted by Gasteiger charge is 2.25. The van der Waals surface area contributed by atoms with E-state index in [1.54, 1.807) is 0 Å². The molecule has 1 atom stereocenters. The number of nitrogens with zero attached hydrogens (tertiary/aromatic N) is 4. The summed E-state index contributed by atoms with van der Waals surface area (Å²) in [6.45, 7) is 0. The predicted molar refractivity (Wildman–Crippen MR) is 386 cm³/mol. The Labute approximate surface area is 531 Å². The highest BCUT2D eigenvalue weighted by atomic mass is 15.0. The molecule has 1 unspecified atom stereocenters. The van der Waals surface area contributed by atoms with Crippen molar-refractivity contribution in [2.24, 2.45) is 0 Å². The lowest BCUT2D eigenvalue weighted by molar-refractivity contribution is 0.973. The van der Waals surface area contributed by atoms with Gasteiger partial charge in [0.2, 0.25) is 0 Å². The Bertz CT molecular complexity index is 5570. The molecule has 0 saturated carbocycles. The summed E-state index contributed by atoms with van der Waals surface area (Å²) in [5.74, 6) is 0. The van der Waals surface area contributed by atoms with Gasteiger partial charge in [-0.1, -0.05) is 224 Å². The van der Waals surface area contributed by atoms with Crippen LogP contribution in [0.1, 0.15) is 22.7 Å². The lowest BCUT2D eigenvalue weighted by Crippen LogP contribution is -2.15. The van der Waals surface area contributed by atoms with Crippen molar-refractivity contribution >= 4 is 98.5 Å². The summed E-state index contributed by atoms with van der Waals surface area (Å²) < 4.78 is 9.81. The van der Waals surface area contributed by atoms with E-state index in [4.69, 9.17) is 0 Å². The lowest BCUT2D eigenvalue weighted by Gasteiger charge is -2.28. The molecule has 1 aliphatic rings. The number of para-hydroxylation sites is 8. The Morgan fingerprint density at radius 3 is 0.902 bits per heavy atom. The monoisotopic (exact) mass is 1170 g/mol. The molecule has 1 N–H and O–H groups in total. The third kappa shape index (κ3) is 8.19. The number of fused-ring (bicyclic) bond motifs is 13. The van der Waals surface area contributed by atoms with Crippen LogP contribution >= 0.6 is 0 Å². The number of benzene rings is 14. The molecule has 0 spiro atoms. The molecule has 5 heterocycles. The fraction of sp³-hybridized carbons (Fsp3) is 0.0115. The van der Waals surface area contributed by atoms with Gasteiger partial charge in [-0.3, -0.25) is 0 Å². The Morgan fingerprint density at radius 2 is 0.522 bits per heavy atom. The summed E-state index contributed by atoms with van der Waals surface area (Å²) in [5.41, 5.74) is 26.5. The molecule has 0 fully saturated rings. The molecular formula is C87H57N5. The molecule has 0 bridgehead atoms. The van der Waals surface area contributed by atoms with Gasteiger partial charge in [0.25, 0.3) is 0 Å². The van der Waals surface area contributed by atoms with Crippen LogP contribution in [0.25, 0.3) is 149 Å². The minimum Gasteiger partial charge on any atom is -0.374 e. The predicted octanol–water partition coefficient (Wildman–Crippen LogP) is 22.7. The van der Waals surface area contributed by atoms with E-state index in [1.807, 2.05) is 0 Å². The van der Waals surface area contributed by atoms with Crippen molar-refractivity contribution in [2.75, 3.05) is 5.32 Å². The molecule has 0 amide bonds. The molecule has 0 aliphatic carbocycles. The van der Waals surface area contributed by atoms with E-state index in [0.717, 1.165) is 61.8 Å².